The van der Waals surface area contributed by atoms with E-state index in [1.54, 1.807) is 24.1 Å². The number of amides is 1. The monoisotopic (exact) mass is 357 g/mol. The molecule has 22 heavy (non-hydrogen) atoms. The summed E-state index contributed by atoms with van der Waals surface area (Å²) in [6.45, 7) is 2.35. The molecular weight excluding hydrogens is 341 g/mol. The second-order valence-electron chi connectivity index (χ2n) is 5.03. The number of rotatable bonds is 5. The zero-order chi connectivity index (χ0) is 16.3. The van der Waals surface area contributed by atoms with Crippen molar-refractivity contribution in [2.24, 2.45) is 5.73 Å². The lowest BCUT2D eigenvalue weighted by Crippen LogP contribution is -2.40. The highest BCUT2D eigenvalue weighted by Crippen LogP contribution is 2.32. The van der Waals surface area contributed by atoms with E-state index in [-0.39, 0.29) is 18.4 Å². The average molecular weight is 358 g/mol. The average Bonchev–Trinajstić information content (AvgIpc) is 2.93. The van der Waals surface area contributed by atoms with Crippen LogP contribution in [0.1, 0.15) is 12.6 Å². The van der Waals surface area contributed by atoms with Crippen molar-refractivity contribution in [2.45, 2.75) is 19.4 Å². The summed E-state index contributed by atoms with van der Waals surface area (Å²) in [6.07, 6.45) is 0.253. The van der Waals surface area contributed by atoms with Crippen LogP contribution < -0.4 is 5.73 Å². The van der Waals surface area contributed by atoms with E-state index in [1.807, 2.05) is 18.4 Å². The molecule has 118 valence electrons. The molecule has 0 saturated carbocycles. The number of hydrogen-bond acceptors (Lipinski definition) is 4. The van der Waals surface area contributed by atoms with E-state index >= 15 is 0 Å². The number of thiazole rings is 1. The van der Waals surface area contributed by atoms with Gasteiger partial charge in [0.25, 0.3) is 0 Å². The van der Waals surface area contributed by atoms with Gasteiger partial charge in [0.05, 0.1) is 17.1 Å². The van der Waals surface area contributed by atoms with Gasteiger partial charge in [-0.1, -0.05) is 23.2 Å². The minimum atomic E-state index is -0.00277. The van der Waals surface area contributed by atoms with Gasteiger partial charge in [-0.25, -0.2) is 4.98 Å². The van der Waals surface area contributed by atoms with Gasteiger partial charge in [0.15, 0.2) is 0 Å². The minimum absolute atomic E-state index is 0.00277. The molecule has 0 aliphatic carbocycles. The van der Waals surface area contributed by atoms with Crippen LogP contribution in [0.4, 0.5) is 0 Å². The number of benzene rings is 1. The first-order valence-corrected chi connectivity index (χ1v) is 8.41. The topological polar surface area (TPSA) is 59.2 Å². The van der Waals surface area contributed by atoms with E-state index < -0.39 is 0 Å². The summed E-state index contributed by atoms with van der Waals surface area (Å²) in [7, 11) is 1.75. The van der Waals surface area contributed by atoms with E-state index in [0.717, 1.165) is 16.3 Å². The highest BCUT2D eigenvalue weighted by molar-refractivity contribution is 7.13. The predicted octanol–water partition coefficient (Wildman–Crippen LogP) is 3.47. The number of carbonyl (C=O) groups excluding carboxylic acids is 1. The molecule has 2 aromatic rings. The Balaban J connectivity index is 2.13. The van der Waals surface area contributed by atoms with Crippen molar-refractivity contribution in [3.8, 4) is 10.6 Å². The van der Waals surface area contributed by atoms with E-state index in [4.69, 9.17) is 28.9 Å². The Hall–Kier alpha value is -1.14. The van der Waals surface area contributed by atoms with E-state index in [9.17, 15) is 4.79 Å². The van der Waals surface area contributed by atoms with Crippen molar-refractivity contribution in [2.75, 3.05) is 13.6 Å². The molecule has 2 rings (SSSR count). The minimum Gasteiger partial charge on any atom is -0.341 e. The first kappa shape index (κ1) is 17.2. The van der Waals surface area contributed by atoms with Crippen LogP contribution in [0.15, 0.2) is 23.6 Å². The third kappa shape index (κ3) is 3.98. The van der Waals surface area contributed by atoms with Gasteiger partial charge in [-0.05, 0) is 25.1 Å². The maximum Gasteiger partial charge on any atom is 0.228 e. The molecule has 2 N–H and O–H groups in total. The molecule has 1 aromatic heterocycles. The number of likely N-dealkylation sites (N-methyl/N-ethyl adjacent to an activating group) is 1. The zero-order valence-electron chi connectivity index (χ0n) is 12.3. The fourth-order valence-corrected chi connectivity index (χ4v) is 3.27. The number of halogens is 2. The Morgan fingerprint density at radius 2 is 2.18 bits per heavy atom. The Labute approximate surface area is 143 Å². The summed E-state index contributed by atoms with van der Waals surface area (Å²) in [5.74, 6) is -0.00277. The van der Waals surface area contributed by atoms with Crippen LogP contribution in [-0.4, -0.2) is 35.4 Å². The molecule has 4 nitrogen and oxygen atoms in total. The quantitative estimate of drug-likeness (QED) is 0.890. The molecular formula is C15H17Cl2N3OS. The molecule has 0 fully saturated rings. The number of carbonyl (C=O) groups is 1. The summed E-state index contributed by atoms with van der Waals surface area (Å²) in [5, 5.41) is 3.78. The van der Waals surface area contributed by atoms with Gasteiger partial charge in [0.1, 0.15) is 5.01 Å². The van der Waals surface area contributed by atoms with Crippen molar-refractivity contribution >= 4 is 40.4 Å². The van der Waals surface area contributed by atoms with Gasteiger partial charge in [-0.3, -0.25) is 4.79 Å². The predicted molar refractivity (Wildman–Crippen MR) is 92.6 cm³/mol. The van der Waals surface area contributed by atoms with E-state index in [1.165, 1.54) is 11.3 Å². The standard InChI is InChI=1S/C15H17Cl2N3OS/c1-9(7-18)20(2)14(21)6-11-8-22-15(19-11)12-4-3-10(16)5-13(12)17/h3-5,8-9H,6-7,18H2,1-2H3. The SMILES string of the molecule is CC(CN)N(C)C(=O)Cc1csc(-c2ccc(Cl)cc2Cl)n1. The highest BCUT2D eigenvalue weighted by atomic mass is 35.5. The van der Waals surface area contributed by atoms with Gasteiger partial charge < -0.3 is 10.6 Å². The molecule has 0 radical (unpaired) electrons. The first-order chi connectivity index (χ1) is 10.4. The zero-order valence-corrected chi connectivity index (χ0v) is 14.7. The Bertz CT molecular complexity index is 675. The Morgan fingerprint density at radius 3 is 2.82 bits per heavy atom. The Kier molecular flexibility index (Phi) is 5.81. The van der Waals surface area contributed by atoms with Crippen molar-refractivity contribution in [1.82, 2.24) is 9.88 Å². The summed E-state index contributed by atoms with van der Waals surface area (Å²) < 4.78 is 0. The van der Waals surface area contributed by atoms with Crippen LogP contribution in [0.2, 0.25) is 10.0 Å². The largest absolute Gasteiger partial charge is 0.341 e. The van der Waals surface area contributed by atoms with Gasteiger partial charge in [0.2, 0.25) is 5.91 Å². The molecule has 0 aliphatic rings. The normalized spacial score (nSPS) is 12.2. The summed E-state index contributed by atoms with van der Waals surface area (Å²) in [5.41, 5.74) is 7.13. The van der Waals surface area contributed by atoms with Crippen LogP contribution in [0.25, 0.3) is 10.6 Å². The van der Waals surface area contributed by atoms with Crippen molar-refractivity contribution in [1.29, 1.82) is 0 Å². The lowest BCUT2D eigenvalue weighted by Gasteiger charge is -2.23. The molecule has 1 unspecified atom stereocenters. The Morgan fingerprint density at radius 1 is 1.45 bits per heavy atom. The third-order valence-electron chi connectivity index (χ3n) is 3.44. The molecule has 0 saturated heterocycles. The molecule has 1 amide bonds. The van der Waals surface area contributed by atoms with Crippen LogP contribution in [0.3, 0.4) is 0 Å². The van der Waals surface area contributed by atoms with Gasteiger partial charge in [-0.2, -0.15) is 0 Å². The van der Waals surface area contributed by atoms with Crippen molar-refractivity contribution in [3.05, 3.63) is 39.3 Å². The van der Waals surface area contributed by atoms with Crippen LogP contribution in [0, 0.1) is 0 Å². The fraction of sp³-hybridized carbons (Fsp3) is 0.333. The summed E-state index contributed by atoms with van der Waals surface area (Å²) >= 11 is 13.5. The van der Waals surface area contributed by atoms with Crippen LogP contribution >= 0.6 is 34.5 Å². The van der Waals surface area contributed by atoms with Gasteiger partial charge in [-0.15, -0.1) is 11.3 Å². The summed E-state index contributed by atoms with van der Waals surface area (Å²) in [4.78, 5) is 18.3. The number of nitrogens with two attached hydrogens (primary N) is 1. The van der Waals surface area contributed by atoms with Crippen molar-refractivity contribution < 1.29 is 4.79 Å². The van der Waals surface area contributed by atoms with Crippen molar-refractivity contribution in [3.63, 3.8) is 0 Å². The molecule has 1 atom stereocenters. The molecule has 7 heteroatoms. The summed E-state index contributed by atoms with van der Waals surface area (Å²) in [6, 6.07) is 5.29. The maximum atomic E-state index is 12.2. The van der Waals surface area contributed by atoms with Gasteiger partial charge >= 0.3 is 0 Å². The smallest absolute Gasteiger partial charge is 0.228 e. The second kappa shape index (κ2) is 7.42. The lowest BCUT2D eigenvalue weighted by molar-refractivity contribution is -0.130. The lowest BCUT2D eigenvalue weighted by atomic mass is 10.2. The molecule has 1 heterocycles. The first-order valence-electron chi connectivity index (χ1n) is 6.78. The highest BCUT2D eigenvalue weighted by Gasteiger charge is 2.17. The number of nitrogens with zero attached hydrogens (tertiary/aromatic N) is 2. The van der Waals surface area contributed by atoms with Crippen LogP contribution in [-0.2, 0) is 11.2 Å². The van der Waals surface area contributed by atoms with Gasteiger partial charge in [0, 0.05) is 35.6 Å². The molecule has 0 bridgehead atoms. The number of hydrogen-bond donors (Lipinski definition) is 1. The van der Waals surface area contributed by atoms with E-state index in [0.29, 0.717) is 16.6 Å². The molecule has 0 aliphatic heterocycles. The fourth-order valence-electron chi connectivity index (χ4n) is 1.86. The van der Waals surface area contributed by atoms with Crippen LogP contribution in [0.5, 0.6) is 0 Å². The molecule has 0 spiro atoms. The molecule has 1 aromatic carbocycles. The number of aromatic nitrogens is 1. The van der Waals surface area contributed by atoms with E-state index in [2.05, 4.69) is 4.98 Å². The second-order valence-corrected chi connectivity index (χ2v) is 6.74. The maximum absolute atomic E-state index is 12.2. The third-order valence-corrected chi connectivity index (χ3v) is 4.91.